The lowest BCUT2D eigenvalue weighted by Crippen LogP contribution is -2.33. The van der Waals surface area contributed by atoms with Gasteiger partial charge >= 0.3 is 5.97 Å². The summed E-state index contributed by atoms with van der Waals surface area (Å²) in [7, 11) is 0. The second-order valence-electron chi connectivity index (χ2n) is 8.76. The van der Waals surface area contributed by atoms with E-state index in [9.17, 15) is 9.90 Å². The molecule has 1 aliphatic rings. The molecule has 34 heavy (non-hydrogen) atoms. The smallest absolute Gasteiger partial charge is 0.333 e. The zero-order chi connectivity index (χ0) is 23.9. The van der Waals surface area contributed by atoms with Crippen LogP contribution in [-0.4, -0.2) is 48.8 Å². The van der Waals surface area contributed by atoms with Crippen molar-refractivity contribution in [2.75, 3.05) is 32.8 Å². The molecule has 0 bridgehead atoms. The van der Waals surface area contributed by atoms with Gasteiger partial charge in [0.2, 0.25) is 0 Å². The number of carbonyl (C=O) groups excluding carboxylic acids is 1. The monoisotopic (exact) mass is 459 g/mol. The van der Waals surface area contributed by atoms with E-state index in [0.717, 1.165) is 39.8 Å². The van der Waals surface area contributed by atoms with Crippen LogP contribution in [0.3, 0.4) is 0 Å². The minimum Gasteiger partial charge on any atom is -0.508 e. The third kappa shape index (κ3) is 5.78. The summed E-state index contributed by atoms with van der Waals surface area (Å²) in [6.07, 6.45) is 5.76. The molecule has 1 saturated heterocycles. The normalized spacial score (nSPS) is 14.8. The Bertz CT molecular complexity index is 1160. The maximum atomic E-state index is 12.2. The predicted molar refractivity (Wildman–Crippen MR) is 137 cm³/mol. The van der Waals surface area contributed by atoms with Crippen molar-refractivity contribution in [1.82, 2.24) is 4.90 Å². The van der Waals surface area contributed by atoms with Crippen LogP contribution in [0.4, 0.5) is 0 Å². The highest BCUT2D eigenvalue weighted by Gasteiger charge is 2.13. The summed E-state index contributed by atoms with van der Waals surface area (Å²) in [6, 6.07) is 17.4. The number of phenols is 1. The van der Waals surface area contributed by atoms with Crippen molar-refractivity contribution in [3.8, 4) is 22.6 Å². The number of benzene rings is 3. The molecule has 0 amide bonds. The van der Waals surface area contributed by atoms with Crippen LogP contribution >= 0.6 is 0 Å². The number of hydrogen-bond donors (Lipinski definition) is 1. The summed E-state index contributed by atoms with van der Waals surface area (Å²) >= 11 is 0. The van der Waals surface area contributed by atoms with Gasteiger partial charge < -0.3 is 14.6 Å². The molecule has 1 heterocycles. The van der Waals surface area contributed by atoms with E-state index in [2.05, 4.69) is 17.0 Å². The number of phenolic OH excluding ortho intramolecular Hbond substituents is 1. The van der Waals surface area contributed by atoms with Gasteiger partial charge in [-0.25, -0.2) is 4.79 Å². The Kier molecular flexibility index (Phi) is 7.86. The van der Waals surface area contributed by atoms with Crippen LogP contribution in [0.1, 0.15) is 38.7 Å². The van der Waals surface area contributed by atoms with Gasteiger partial charge in [0.05, 0.1) is 6.61 Å². The number of rotatable bonds is 8. The van der Waals surface area contributed by atoms with Gasteiger partial charge in [-0.2, -0.15) is 0 Å². The fourth-order valence-electron chi connectivity index (χ4n) is 4.51. The Hall–Kier alpha value is -3.31. The van der Waals surface area contributed by atoms with Crippen molar-refractivity contribution in [3.63, 3.8) is 0 Å². The van der Waals surface area contributed by atoms with E-state index in [1.54, 1.807) is 26.0 Å². The first-order valence-corrected chi connectivity index (χ1v) is 12.1. The summed E-state index contributed by atoms with van der Waals surface area (Å²) in [5, 5.41) is 11.9. The minimum atomic E-state index is -0.322. The molecule has 5 heteroatoms. The van der Waals surface area contributed by atoms with Crippen molar-refractivity contribution in [3.05, 3.63) is 65.7 Å². The first-order valence-electron chi connectivity index (χ1n) is 12.1. The molecule has 0 atom stereocenters. The molecular formula is C29H33NO4. The van der Waals surface area contributed by atoms with E-state index in [4.69, 9.17) is 9.47 Å². The Morgan fingerprint density at radius 3 is 2.53 bits per heavy atom. The van der Waals surface area contributed by atoms with Crippen LogP contribution in [0.5, 0.6) is 11.5 Å². The quantitative estimate of drug-likeness (QED) is 0.329. The number of fused-ring (bicyclic) bond motifs is 1. The molecule has 178 valence electrons. The SMILES string of the molecule is CCOC(=O)/C(C)=C/c1ccc2cc(O)ccc2c1-c1ccc(OCCN2CCCCC2)cc1. The summed E-state index contributed by atoms with van der Waals surface area (Å²) in [5.41, 5.74) is 3.48. The molecule has 0 aliphatic carbocycles. The van der Waals surface area contributed by atoms with Crippen molar-refractivity contribution >= 4 is 22.8 Å². The van der Waals surface area contributed by atoms with Crippen molar-refractivity contribution in [1.29, 1.82) is 0 Å². The number of ether oxygens (including phenoxy) is 2. The number of aromatic hydroxyl groups is 1. The lowest BCUT2D eigenvalue weighted by molar-refractivity contribution is -0.138. The van der Waals surface area contributed by atoms with E-state index in [1.807, 2.05) is 36.4 Å². The molecule has 1 aliphatic heterocycles. The zero-order valence-corrected chi connectivity index (χ0v) is 20.0. The molecule has 0 saturated carbocycles. The Morgan fingerprint density at radius 2 is 1.79 bits per heavy atom. The zero-order valence-electron chi connectivity index (χ0n) is 20.0. The highest BCUT2D eigenvalue weighted by molar-refractivity contribution is 6.03. The molecule has 0 unspecified atom stereocenters. The third-order valence-corrected chi connectivity index (χ3v) is 6.27. The third-order valence-electron chi connectivity index (χ3n) is 6.27. The van der Waals surface area contributed by atoms with Gasteiger partial charge in [-0.05, 0) is 97.6 Å². The molecule has 0 radical (unpaired) electrons. The van der Waals surface area contributed by atoms with Crippen LogP contribution < -0.4 is 4.74 Å². The van der Waals surface area contributed by atoms with Gasteiger partial charge in [0.1, 0.15) is 18.1 Å². The second-order valence-corrected chi connectivity index (χ2v) is 8.76. The fraction of sp³-hybridized carbons (Fsp3) is 0.345. The van der Waals surface area contributed by atoms with E-state index < -0.39 is 0 Å². The Labute approximate surface area is 201 Å². The number of piperidine rings is 1. The summed E-state index contributed by atoms with van der Waals surface area (Å²) < 4.78 is 11.2. The van der Waals surface area contributed by atoms with Crippen molar-refractivity contribution in [2.24, 2.45) is 0 Å². The number of likely N-dealkylation sites (tertiary alicyclic amines) is 1. The summed E-state index contributed by atoms with van der Waals surface area (Å²) in [5.74, 6) is 0.747. The van der Waals surface area contributed by atoms with E-state index in [-0.39, 0.29) is 11.7 Å². The molecule has 1 fully saturated rings. The number of nitrogens with zero attached hydrogens (tertiary/aromatic N) is 1. The van der Waals surface area contributed by atoms with Crippen molar-refractivity contribution in [2.45, 2.75) is 33.1 Å². The first kappa shape index (κ1) is 23.8. The molecular weight excluding hydrogens is 426 g/mol. The largest absolute Gasteiger partial charge is 0.508 e. The minimum absolute atomic E-state index is 0.224. The van der Waals surface area contributed by atoms with Crippen LogP contribution in [0.15, 0.2) is 60.2 Å². The lowest BCUT2D eigenvalue weighted by atomic mass is 9.92. The van der Waals surface area contributed by atoms with Gasteiger partial charge in [0.25, 0.3) is 0 Å². The van der Waals surface area contributed by atoms with Gasteiger partial charge in [0, 0.05) is 12.1 Å². The second kappa shape index (κ2) is 11.2. The fourth-order valence-corrected chi connectivity index (χ4v) is 4.51. The maximum absolute atomic E-state index is 12.2. The highest BCUT2D eigenvalue weighted by Crippen LogP contribution is 2.36. The van der Waals surface area contributed by atoms with Crippen molar-refractivity contribution < 1.29 is 19.4 Å². The first-order chi connectivity index (χ1) is 16.5. The summed E-state index contributed by atoms with van der Waals surface area (Å²) in [4.78, 5) is 14.7. The number of carbonyl (C=O) groups is 1. The highest BCUT2D eigenvalue weighted by atomic mass is 16.5. The van der Waals surface area contributed by atoms with E-state index in [1.165, 1.54) is 32.4 Å². The lowest BCUT2D eigenvalue weighted by Gasteiger charge is -2.26. The van der Waals surface area contributed by atoms with Crippen LogP contribution in [-0.2, 0) is 9.53 Å². The van der Waals surface area contributed by atoms with Crippen LogP contribution in [0.25, 0.3) is 28.0 Å². The topological polar surface area (TPSA) is 59.0 Å². The van der Waals surface area contributed by atoms with E-state index >= 15 is 0 Å². The maximum Gasteiger partial charge on any atom is 0.333 e. The molecule has 5 nitrogen and oxygen atoms in total. The van der Waals surface area contributed by atoms with Gasteiger partial charge in [-0.15, -0.1) is 0 Å². The molecule has 0 spiro atoms. The molecule has 3 aromatic rings. The predicted octanol–water partition coefficient (Wildman–Crippen LogP) is 6.04. The standard InChI is InChI=1S/C29H33NO4/c1-3-33-29(32)21(2)19-24-8-7-23-20-25(31)11-14-27(23)28(24)22-9-12-26(13-10-22)34-18-17-30-15-5-4-6-16-30/h7-14,19-20,31H,3-6,15-18H2,1-2H3/b21-19+. The van der Waals surface area contributed by atoms with Gasteiger partial charge in [-0.1, -0.05) is 36.8 Å². The van der Waals surface area contributed by atoms with Gasteiger partial charge in [-0.3, -0.25) is 4.90 Å². The average Bonchev–Trinajstić information content (AvgIpc) is 2.85. The van der Waals surface area contributed by atoms with Crippen LogP contribution in [0.2, 0.25) is 0 Å². The van der Waals surface area contributed by atoms with Gasteiger partial charge in [0.15, 0.2) is 0 Å². The number of esters is 1. The molecule has 0 aromatic heterocycles. The Balaban J connectivity index is 1.61. The van der Waals surface area contributed by atoms with E-state index in [0.29, 0.717) is 18.8 Å². The Morgan fingerprint density at radius 1 is 1.03 bits per heavy atom. The molecule has 1 N–H and O–H groups in total. The molecule has 4 rings (SSSR count). The average molecular weight is 460 g/mol. The number of hydrogen-bond acceptors (Lipinski definition) is 5. The molecule has 3 aromatic carbocycles. The summed E-state index contributed by atoms with van der Waals surface area (Å²) in [6.45, 7) is 7.88. The van der Waals surface area contributed by atoms with Crippen LogP contribution in [0, 0.1) is 0 Å².